The first-order valence-electron chi connectivity index (χ1n) is 7.12. The van der Waals surface area contributed by atoms with E-state index in [0.29, 0.717) is 5.92 Å². The van der Waals surface area contributed by atoms with Gasteiger partial charge in [0.1, 0.15) is 0 Å². The Morgan fingerprint density at radius 3 is 2.42 bits per heavy atom. The first kappa shape index (κ1) is 14.5. The monoisotopic (exact) mass is 281 g/mol. The minimum Gasteiger partial charge on any atom is -0.212 e. The fourth-order valence-electron chi connectivity index (χ4n) is 2.79. The summed E-state index contributed by atoms with van der Waals surface area (Å²) in [5.41, 5.74) is 1.01. The first-order chi connectivity index (χ1) is 9.07. The van der Waals surface area contributed by atoms with E-state index >= 15 is 0 Å². The van der Waals surface area contributed by atoms with Crippen LogP contribution < -0.4 is 4.72 Å². The molecule has 2 rings (SSSR count). The molecule has 0 aromatic heterocycles. The second-order valence-electron chi connectivity index (χ2n) is 5.54. The molecular formula is C15H23NO2S. The molecule has 0 amide bonds. The summed E-state index contributed by atoms with van der Waals surface area (Å²) in [4.78, 5) is 0. The summed E-state index contributed by atoms with van der Waals surface area (Å²) >= 11 is 0. The lowest BCUT2D eigenvalue weighted by atomic mass is 9.91. The van der Waals surface area contributed by atoms with E-state index in [9.17, 15) is 8.42 Å². The highest BCUT2D eigenvalue weighted by molar-refractivity contribution is 7.89. The number of benzene rings is 1. The maximum atomic E-state index is 12.2. The average molecular weight is 281 g/mol. The quantitative estimate of drug-likeness (QED) is 0.900. The average Bonchev–Trinajstić information content (AvgIpc) is 2.39. The molecule has 1 aromatic carbocycles. The topological polar surface area (TPSA) is 46.2 Å². The Kier molecular flexibility index (Phi) is 4.99. The number of rotatable bonds is 5. The van der Waals surface area contributed by atoms with E-state index in [2.05, 4.69) is 4.72 Å². The summed E-state index contributed by atoms with van der Waals surface area (Å²) in [6, 6.07) is 9.55. The Morgan fingerprint density at radius 1 is 1.16 bits per heavy atom. The van der Waals surface area contributed by atoms with Crippen LogP contribution in [0.25, 0.3) is 0 Å². The van der Waals surface area contributed by atoms with E-state index in [1.807, 2.05) is 37.3 Å². The number of hydrogen-bond donors (Lipinski definition) is 1. The van der Waals surface area contributed by atoms with Gasteiger partial charge in [-0.15, -0.1) is 0 Å². The highest BCUT2D eigenvalue weighted by Gasteiger charge is 2.22. The molecule has 4 heteroatoms. The highest BCUT2D eigenvalue weighted by Crippen LogP contribution is 2.25. The molecule has 19 heavy (non-hydrogen) atoms. The molecule has 0 spiro atoms. The molecular weight excluding hydrogens is 258 g/mol. The molecule has 1 aliphatic rings. The fourth-order valence-corrected chi connectivity index (χ4v) is 4.52. The lowest BCUT2D eigenvalue weighted by molar-refractivity contribution is 0.383. The summed E-state index contributed by atoms with van der Waals surface area (Å²) in [7, 11) is -3.18. The van der Waals surface area contributed by atoms with Gasteiger partial charge < -0.3 is 0 Å². The summed E-state index contributed by atoms with van der Waals surface area (Å²) in [5.74, 6) is 0.624. The Labute approximate surface area is 116 Å². The van der Waals surface area contributed by atoms with Crippen molar-refractivity contribution >= 4 is 10.0 Å². The van der Waals surface area contributed by atoms with Crippen LogP contribution in [0.3, 0.4) is 0 Å². The third kappa shape index (κ3) is 4.62. The minimum absolute atomic E-state index is 0.158. The number of sulfonamides is 1. The highest BCUT2D eigenvalue weighted by atomic mass is 32.2. The van der Waals surface area contributed by atoms with E-state index in [4.69, 9.17) is 0 Å². The lowest BCUT2D eigenvalue weighted by Crippen LogP contribution is -2.32. The van der Waals surface area contributed by atoms with Crippen molar-refractivity contribution in [3.8, 4) is 0 Å². The standard InChI is InChI=1S/C15H23NO2S/c1-13(15-10-6-3-7-11-15)16-19(17,18)12-14-8-4-2-5-9-14/h3,6-7,10-11,13-14,16H,2,4-5,8-9,12H2,1H3/t13-/m0/s1. The van der Waals surface area contributed by atoms with Gasteiger partial charge in [0.25, 0.3) is 0 Å². The van der Waals surface area contributed by atoms with Crippen molar-refractivity contribution in [1.82, 2.24) is 4.72 Å². The third-order valence-corrected chi connectivity index (χ3v) is 5.46. The molecule has 1 saturated carbocycles. The normalized spacial score (nSPS) is 19.2. The summed E-state index contributed by atoms with van der Waals surface area (Å²) in [5, 5.41) is 0. The molecule has 1 aliphatic carbocycles. The first-order valence-corrected chi connectivity index (χ1v) is 8.77. The fraction of sp³-hybridized carbons (Fsp3) is 0.600. The van der Waals surface area contributed by atoms with Crippen LogP contribution in [0.1, 0.15) is 50.6 Å². The maximum absolute atomic E-state index is 12.2. The lowest BCUT2D eigenvalue weighted by Gasteiger charge is -2.22. The van der Waals surface area contributed by atoms with Gasteiger partial charge in [0.15, 0.2) is 0 Å². The Hall–Kier alpha value is -0.870. The second-order valence-corrected chi connectivity index (χ2v) is 7.33. The predicted molar refractivity (Wildman–Crippen MR) is 78.4 cm³/mol. The van der Waals surface area contributed by atoms with E-state index in [-0.39, 0.29) is 11.8 Å². The Bertz CT molecular complexity index is 478. The van der Waals surface area contributed by atoms with Crippen LogP contribution in [0.5, 0.6) is 0 Å². The smallest absolute Gasteiger partial charge is 0.212 e. The van der Waals surface area contributed by atoms with Gasteiger partial charge in [-0.25, -0.2) is 13.1 Å². The second kappa shape index (κ2) is 6.53. The van der Waals surface area contributed by atoms with Gasteiger partial charge >= 0.3 is 0 Å². The molecule has 0 bridgehead atoms. The zero-order valence-corrected chi connectivity index (χ0v) is 12.3. The molecule has 1 aromatic rings. The zero-order valence-electron chi connectivity index (χ0n) is 11.5. The summed E-state index contributed by atoms with van der Waals surface area (Å²) < 4.78 is 27.1. The van der Waals surface area contributed by atoms with Crippen molar-refractivity contribution in [1.29, 1.82) is 0 Å². The summed E-state index contributed by atoms with van der Waals surface area (Å²) in [6.07, 6.45) is 5.72. The zero-order chi connectivity index (χ0) is 13.7. The van der Waals surface area contributed by atoms with Crippen LogP contribution in [0, 0.1) is 5.92 Å². The van der Waals surface area contributed by atoms with Crippen LogP contribution in [0.4, 0.5) is 0 Å². The third-order valence-electron chi connectivity index (χ3n) is 3.84. The largest absolute Gasteiger partial charge is 0.212 e. The SMILES string of the molecule is C[C@H](NS(=O)(=O)CC1CCCCC1)c1ccccc1. The van der Waals surface area contributed by atoms with Crippen molar-refractivity contribution in [3.05, 3.63) is 35.9 Å². The molecule has 1 atom stereocenters. The molecule has 106 valence electrons. The van der Waals surface area contributed by atoms with Crippen molar-refractivity contribution in [2.75, 3.05) is 5.75 Å². The maximum Gasteiger partial charge on any atom is 0.212 e. The van der Waals surface area contributed by atoms with Crippen LogP contribution in [0.2, 0.25) is 0 Å². The Balaban J connectivity index is 1.93. The van der Waals surface area contributed by atoms with Crippen LogP contribution in [-0.2, 0) is 10.0 Å². The molecule has 0 aliphatic heterocycles. The van der Waals surface area contributed by atoms with E-state index in [1.54, 1.807) is 0 Å². The molecule has 0 heterocycles. The number of nitrogens with one attached hydrogen (secondary N) is 1. The van der Waals surface area contributed by atoms with Gasteiger partial charge in [0, 0.05) is 6.04 Å². The van der Waals surface area contributed by atoms with Crippen molar-refractivity contribution in [2.45, 2.75) is 45.1 Å². The van der Waals surface area contributed by atoms with Crippen molar-refractivity contribution < 1.29 is 8.42 Å². The molecule has 3 nitrogen and oxygen atoms in total. The molecule has 0 saturated heterocycles. The van der Waals surface area contributed by atoms with Crippen molar-refractivity contribution in [2.24, 2.45) is 5.92 Å². The molecule has 1 N–H and O–H groups in total. The molecule has 1 fully saturated rings. The van der Waals surface area contributed by atoms with Gasteiger partial charge in [0.2, 0.25) is 10.0 Å². The van der Waals surface area contributed by atoms with Gasteiger partial charge in [-0.2, -0.15) is 0 Å². The minimum atomic E-state index is -3.18. The van der Waals surface area contributed by atoms with Gasteiger partial charge in [-0.05, 0) is 31.2 Å². The number of hydrogen-bond acceptors (Lipinski definition) is 2. The Morgan fingerprint density at radius 2 is 1.79 bits per heavy atom. The molecule has 0 radical (unpaired) electrons. The van der Waals surface area contributed by atoms with Crippen molar-refractivity contribution in [3.63, 3.8) is 0 Å². The van der Waals surface area contributed by atoms with E-state index in [1.165, 1.54) is 19.3 Å². The van der Waals surface area contributed by atoms with Gasteiger partial charge in [-0.1, -0.05) is 49.6 Å². The van der Waals surface area contributed by atoms with Crippen LogP contribution in [-0.4, -0.2) is 14.2 Å². The van der Waals surface area contributed by atoms with E-state index < -0.39 is 10.0 Å². The van der Waals surface area contributed by atoms with Crippen LogP contribution in [0.15, 0.2) is 30.3 Å². The van der Waals surface area contributed by atoms with E-state index in [0.717, 1.165) is 18.4 Å². The summed E-state index contributed by atoms with van der Waals surface area (Å²) in [6.45, 7) is 1.90. The van der Waals surface area contributed by atoms with Gasteiger partial charge in [-0.3, -0.25) is 0 Å². The van der Waals surface area contributed by atoms with Crippen LogP contribution >= 0.6 is 0 Å². The predicted octanol–water partition coefficient (Wildman–Crippen LogP) is 3.25. The van der Waals surface area contributed by atoms with Gasteiger partial charge in [0.05, 0.1) is 5.75 Å². The molecule has 0 unspecified atom stereocenters.